The van der Waals surface area contributed by atoms with E-state index in [1.807, 2.05) is 24.4 Å². The fourth-order valence-corrected chi connectivity index (χ4v) is 7.77. The molecule has 0 fully saturated rings. The van der Waals surface area contributed by atoms with Crippen molar-refractivity contribution in [1.29, 1.82) is 0 Å². The number of rotatable bonds is 6. The van der Waals surface area contributed by atoms with Crippen molar-refractivity contribution in [1.82, 2.24) is 14.1 Å². The van der Waals surface area contributed by atoms with E-state index in [9.17, 15) is 0 Å². The summed E-state index contributed by atoms with van der Waals surface area (Å²) in [7, 11) is 2.12. The van der Waals surface area contributed by atoms with E-state index in [1.54, 1.807) is 0 Å². The first-order chi connectivity index (χ1) is 26.8. The molecule has 0 saturated heterocycles. The molecule has 6 nitrogen and oxygen atoms in total. The fraction of sp³-hybridized carbons (Fsp3) is 0.102. The minimum atomic E-state index is -0.140. The predicted octanol–water partition coefficient (Wildman–Crippen LogP) is 12.0. The maximum absolute atomic E-state index is 6.74. The van der Waals surface area contributed by atoms with Crippen LogP contribution in [-0.4, -0.2) is 14.1 Å². The molecule has 56 heavy (non-hydrogen) atoms. The second-order valence-corrected chi connectivity index (χ2v) is 15.2. The van der Waals surface area contributed by atoms with Crippen LogP contribution in [-0.2, 0) is 33.5 Å². The average molecular weight is 908 g/mol. The van der Waals surface area contributed by atoms with Crippen LogP contribution in [0.25, 0.3) is 55.1 Å². The molecule has 0 radical (unpaired) electrons. The summed E-state index contributed by atoms with van der Waals surface area (Å²) in [6.45, 7) is 8.79. The van der Waals surface area contributed by atoms with Gasteiger partial charge in [0.05, 0.1) is 5.52 Å². The number of pyridine rings is 1. The number of hydrogen-bond acceptors (Lipinski definition) is 4. The molecule has 1 aliphatic rings. The predicted molar refractivity (Wildman–Crippen MR) is 226 cm³/mol. The van der Waals surface area contributed by atoms with Crippen molar-refractivity contribution in [2.24, 2.45) is 7.05 Å². The van der Waals surface area contributed by atoms with E-state index >= 15 is 0 Å². The van der Waals surface area contributed by atoms with E-state index in [2.05, 4.69) is 193 Å². The van der Waals surface area contributed by atoms with Gasteiger partial charge in [-0.1, -0.05) is 111 Å². The Morgan fingerprint density at radius 1 is 0.643 bits per heavy atom. The fourth-order valence-electron chi connectivity index (χ4n) is 7.77. The number of aryl methyl sites for hydroxylation is 1. The van der Waals surface area contributed by atoms with Crippen LogP contribution < -0.4 is 14.5 Å². The van der Waals surface area contributed by atoms with Gasteiger partial charge in [0, 0.05) is 85.1 Å². The number of hydrogen-bond donors (Lipinski definition) is 0. The molecule has 3 aromatic heterocycles. The van der Waals surface area contributed by atoms with Gasteiger partial charge in [0.2, 0.25) is 0 Å². The summed E-state index contributed by atoms with van der Waals surface area (Å²) in [5.41, 5.74) is 9.44. The van der Waals surface area contributed by atoms with Gasteiger partial charge >= 0.3 is 0 Å². The van der Waals surface area contributed by atoms with Crippen LogP contribution in [0, 0.1) is 18.8 Å². The third kappa shape index (κ3) is 6.06. The molecule has 0 aliphatic carbocycles. The maximum Gasteiger partial charge on any atom is 0.137 e. The van der Waals surface area contributed by atoms with Gasteiger partial charge in [-0.2, -0.15) is 6.07 Å². The van der Waals surface area contributed by atoms with Crippen LogP contribution in [0.3, 0.4) is 0 Å². The van der Waals surface area contributed by atoms with E-state index in [1.165, 1.54) is 10.9 Å². The first kappa shape index (κ1) is 35.6. The summed E-state index contributed by atoms with van der Waals surface area (Å²) in [5, 5.41) is 4.55. The third-order valence-electron chi connectivity index (χ3n) is 10.6. The first-order valence-corrected chi connectivity index (χ1v) is 18.6. The second kappa shape index (κ2) is 13.9. The zero-order valence-electron chi connectivity index (χ0n) is 31.5. The summed E-state index contributed by atoms with van der Waals surface area (Å²) in [6, 6.07) is 55.7. The Morgan fingerprint density at radius 2 is 1.32 bits per heavy atom. The van der Waals surface area contributed by atoms with Gasteiger partial charge in [-0.25, -0.2) is 4.98 Å². The number of para-hydroxylation sites is 3. The molecule has 0 saturated carbocycles. The third-order valence-corrected chi connectivity index (χ3v) is 10.6. The molecule has 0 spiro atoms. The van der Waals surface area contributed by atoms with Crippen molar-refractivity contribution in [2.45, 2.75) is 26.2 Å². The molecular weight excluding hydrogens is 870 g/mol. The zero-order valence-corrected chi connectivity index (χ0v) is 33.7. The number of benzene rings is 6. The molecule has 0 amide bonds. The number of fused-ring (bicyclic) bond motifs is 6. The minimum absolute atomic E-state index is 0. The molecule has 6 aromatic carbocycles. The van der Waals surface area contributed by atoms with Gasteiger partial charge in [-0.15, -0.1) is 53.6 Å². The maximum atomic E-state index is 6.74. The molecule has 10 rings (SSSR count). The molecule has 0 atom stereocenters. The Labute approximate surface area is 341 Å². The van der Waals surface area contributed by atoms with Crippen LogP contribution >= 0.6 is 0 Å². The Balaban J connectivity index is 0.00000410. The van der Waals surface area contributed by atoms with Crippen molar-refractivity contribution in [3.8, 4) is 17.3 Å². The first-order valence-electron chi connectivity index (χ1n) is 18.6. The van der Waals surface area contributed by atoms with Crippen LogP contribution in [0.2, 0.25) is 0 Å². The molecule has 0 bridgehead atoms. The van der Waals surface area contributed by atoms with Crippen molar-refractivity contribution >= 4 is 60.7 Å². The van der Waals surface area contributed by atoms with Crippen LogP contribution in [0.5, 0.6) is 11.5 Å². The average Bonchev–Trinajstić information content (AvgIpc) is 3.89. The minimum Gasteiger partial charge on any atom is -0.509 e. The number of anilines is 2. The Bertz CT molecular complexity index is 2940. The SMILES string of the molecule is Cn1c2ccccc2c2cnc(-n3c4[c-]c(Oc5[c-]c(N6C=C(c7ccccc7)N(c7ccccc7)[CH-]6)cc(C(C)(C)C)c5)ccc4c4ccccc43)cc21.[Pt]. The summed E-state index contributed by atoms with van der Waals surface area (Å²) in [6.07, 6.45) is 4.16. The Morgan fingerprint density at radius 3 is 2.07 bits per heavy atom. The standard InChI is InChI=1S/C49H38N5O.Pt/c1-49(2,3)34-25-36(52-31-47(33-15-7-5-8-16-33)53(32-52)35-17-9-6-10-18-35)27-38(26-34)55-37-23-24-41-39-19-12-14-22-44(39)54(46(41)28-37)48-29-45-42(30-50-48)40-20-11-13-21-43(40)51(45)4;/h5-26,29-32H,1-4H3;/q-3;. The van der Waals surface area contributed by atoms with Gasteiger partial charge in [0.25, 0.3) is 0 Å². The Kier molecular flexibility index (Phi) is 8.82. The summed E-state index contributed by atoms with van der Waals surface area (Å²) < 4.78 is 11.2. The molecule has 1 aliphatic heterocycles. The van der Waals surface area contributed by atoms with Gasteiger partial charge < -0.3 is 23.7 Å². The molecule has 4 heterocycles. The summed E-state index contributed by atoms with van der Waals surface area (Å²) in [5.74, 6) is 2.06. The van der Waals surface area contributed by atoms with E-state index < -0.39 is 0 Å². The van der Waals surface area contributed by atoms with E-state index in [-0.39, 0.29) is 26.5 Å². The number of nitrogens with zero attached hydrogens (tertiary/aromatic N) is 5. The van der Waals surface area contributed by atoms with E-state index in [4.69, 9.17) is 9.72 Å². The zero-order chi connectivity index (χ0) is 37.3. The van der Waals surface area contributed by atoms with Gasteiger partial charge in [0.15, 0.2) is 0 Å². The quantitative estimate of drug-likeness (QED) is 0.156. The van der Waals surface area contributed by atoms with Gasteiger partial charge in [0.1, 0.15) is 5.82 Å². The normalized spacial score (nSPS) is 13.2. The monoisotopic (exact) mass is 907 g/mol. The molecule has 0 unspecified atom stereocenters. The van der Waals surface area contributed by atoms with Crippen LogP contribution in [0.4, 0.5) is 11.4 Å². The number of ether oxygens (including phenoxy) is 1. The van der Waals surface area contributed by atoms with Crippen LogP contribution in [0.15, 0.2) is 152 Å². The smallest absolute Gasteiger partial charge is 0.137 e. The summed E-state index contributed by atoms with van der Waals surface area (Å²) in [4.78, 5) is 9.40. The topological polar surface area (TPSA) is 38.5 Å². The van der Waals surface area contributed by atoms with Crippen LogP contribution in [0.1, 0.15) is 31.9 Å². The van der Waals surface area contributed by atoms with Gasteiger partial charge in [-0.05, 0) is 46.8 Å². The molecule has 0 N–H and O–H groups in total. The summed E-state index contributed by atoms with van der Waals surface area (Å²) >= 11 is 0. The van der Waals surface area contributed by atoms with Crippen molar-refractivity contribution in [3.05, 3.63) is 182 Å². The molecule has 7 heteroatoms. The molecule has 9 aromatic rings. The largest absolute Gasteiger partial charge is 0.509 e. The van der Waals surface area contributed by atoms with Crippen molar-refractivity contribution in [3.63, 3.8) is 0 Å². The van der Waals surface area contributed by atoms with E-state index in [0.29, 0.717) is 11.5 Å². The molecular formula is C49H38N5OPt-3. The van der Waals surface area contributed by atoms with Crippen molar-refractivity contribution in [2.75, 3.05) is 9.80 Å². The Hall–Kier alpha value is -6.10. The van der Waals surface area contributed by atoms with Crippen molar-refractivity contribution < 1.29 is 25.8 Å². The second-order valence-electron chi connectivity index (χ2n) is 15.2. The van der Waals surface area contributed by atoms with Gasteiger partial charge in [-0.3, -0.25) is 0 Å². The van der Waals surface area contributed by atoms with E-state index in [0.717, 1.165) is 66.7 Å². The molecule has 278 valence electrons. The number of aromatic nitrogens is 3.